The highest BCUT2D eigenvalue weighted by Crippen LogP contribution is 2.36. The highest BCUT2D eigenvalue weighted by molar-refractivity contribution is 9.10. The summed E-state index contributed by atoms with van der Waals surface area (Å²) in [6, 6.07) is 3.67. The first-order valence-corrected chi connectivity index (χ1v) is 7.13. The summed E-state index contributed by atoms with van der Waals surface area (Å²) in [6.45, 7) is 2.64. The topological polar surface area (TPSA) is 29.5 Å². The molecule has 0 radical (unpaired) electrons. The van der Waals surface area contributed by atoms with Gasteiger partial charge in [0.25, 0.3) is 0 Å². The van der Waals surface area contributed by atoms with E-state index in [1.165, 1.54) is 0 Å². The van der Waals surface area contributed by atoms with Gasteiger partial charge in [-0.15, -0.1) is 0 Å². The second-order valence-electron chi connectivity index (χ2n) is 4.37. The molecule has 0 bridgehead atoms. The number of anilines is 1. The summed E-state index contributed by atoms with van der Waals surface area (Å²) >= 11 is 9.49. The minimum absolute atomic E-state index is 0.0845. The van der Waals surface area contributed by atoms with Crippen molar-refractivity contribution in [3.8, 4) is 5.75 Å². The molecule has 1 aliphatic rings. The largest absolute Gasteiger partial charge is 0.495 e. The summed E-state index contributed by atoms with van der Waals surface area (Å²) in [5, 5.41) is 0.649. The van der Waals surface area contributed by atoms with Crippen molar-refractivity contribution < 1.29 is 9.53 Å². The lowest BCUT2D eigenvalue weighted by atomic mass is 10.1. The third kappa shape index (κ3) is 2.50. The molecule has 1 aliphatic heterocycles. The third-order valence-electron chi connectivity index (χ3n) is 3.12. The van der Waals surface area contributed by atoms with Gasteiger partial charge < -0.3 is 9.64 Å². The summed E-state index contributed by atoms with van der Waals surface area (Å²) in [5.74, 6) is 0.724. The molecule has 0 spiro atoms. The van der Waals surface area contributed by atoms with Gasteiger partial charge in [-0.05, 0) is 31.4 Å². The SMILES string of the molecule is COc1cc(Cl)c(C)cc1N1CCCC(Br)C1=O. The molecule has 1 aromatic rings. The van der Waals surface area contributed by atoms with Crippen LogP contribution in [0.25, 0.3) is 0 Å². The molecule has 1 atom stereocenters. The van der Waals surface area contributed by atoms with Crippen molar-refractivity contribution in [3.05, 3.63) is 22.7 Å². The normalized spacial score (nSPS) is 20.1. The lowest BCUT2D eigenvalue weighted by Crippen LogP contribution is -2.42. The molecule has 0 N–H and O–H groups in total. The fourth-order valence-corrected chi connectivity index (χ4v) is 2.82. The quantitative estimate of drug-likeness (QED) is 0.775. The van der Waals surface area contributed by atoms with E-state index in [0.717, 1.165) is 30.6 Å². The van der Waals surface area contributed by atoms with Gasteiger partial charge in [0.1, 0.15) is 5.75 Å². The molecule has 98 valence electrons. The molecule has 1 fully saturated rings. The van der Waals surface area contributed by atoms with E-state index in [-0.39, 0.29) is 10.7 Å². The summed E-state index contributed by atoms with van der Waals surface area (Å²) in [7, 11) is 1.59. The summed E-state index contributed by atoms with van der Waals surface area (Å²) in [6.07, 6.45) is 1.86. The number of hydrogen-bond donors (Lipinski definition) is 0. The molecule has 0 saturated carbocycles. The Hall–Kier alpha value is -0.740. The lowest BCUT2D eigenvalue weighted by molar-refractivity contribution is -0.118. The van der Waals surface area contributed by atoms with Crippen LogP contribution in [0.15, 0.2) is 12.1 Å². The van der Waals surface area contributed by atoms with E-state index in [1.807, 2.05) is 13.0 Å². The molecule has 1 aromatic carbocycles. The Bertz CT molecular complexity index is 478. The molecule has 1 unspecified atom stereocenters. The van der Waals surface area contributed by atoms with Gasteiger partial charge in [0.05, 0.1) is 17.6 Å². The average molecular weight is 333 g/mol. The number of carbonyl (C=O) groups excluding carboxylic acids is 1. The lowest BCUT2D eigenvalue weighted by Gasteiger charge is -2.31. The summed E-state index contributed by atoms with van der Waals surface area (Å²) < 4.78 is 5.32. The van der Waals surface area contributed by atoms with E-state index in [1.54, 1.807) is 18.1 Å². The van der Waals surface area contributed by atoms with Gasteiger partial charge in [-0.1, -0.05) is 27.5 Å². The van der Waals surface area contributed by atoms with Crippen LogP contribution in [0, 0.1) is 6.92 Å². The predicted molar refractivity (Wildman–Crippen MR) is 77.0 cm³/mol. The highest BCUT2D eigenvalue weighted by atomic mass is 79.9. The number of amides is 1. The zero-order valence-corrected chi connectivity index (χ0v) is 12.7. The smallest absolute Gasteiger partial charge is 0.240 e. The minimum Gasteiger partial charge on any atom is -0.495 e. The van der Waals surface area contributed by atoms with Gasteiger partial charge in [0.2, 0.25) is 5.91 Å². The van der Waals surface area contributed by atoms with Crippen molar-refractivity contribution in [3.63, 3.8) is 0 Å². The second-order valence-corrected chi connectivity index (χ2v) is 5.89. The predicted octanol–water partition coefficient (Wildman–Crippen LogP) is 3.55. The highest BCUT2D eigenvalue weighted by Gasteiger charge is 2.29. The number of ether oxygens (including phenoxy) is 1. The Kier molecular flexibility index (Phi) is 4.17. The third-order valence-corrected chi connectivity index (χ3v) is 4.38. The van der Waals surface area contributed by atoms with Gasteiger partial charge in [-0.2, -0.15) is 0 Å². The van der Waals surface area contributed by atoms with Gasteiger partial charge >= 0.3 is 0 Å². The van der Waals surface area contributed by atoms with Crippen LogP contribution in [0.2, 0.25) is 5.02 Å². The molecule has 2 rings (SSSR count). The molecule has 5 heteroatoms. The maximum absolute atomic E-state index is 12.2. The number of rotatable bonds is 2. The fraction of sp³-hybridized carbons (Fsp3) is 0.462. The van der Waals surface area contributed by atoms with Crippen LogP contribution in [0.4, 0.5) is 5.69 Å². The molecule has 1 saturated heterocycles. The van der Waals surface area contributed by atoms with Crippen molar-refractivity contribution in [2.75, 3.05) is 18.6 Å². The minimum atomic E-state index is -0.105. The Morgan fingerprint density at radius 2 is 2.22 bits per heavy atom. The van der Waals surface area contributed by atoms with Crippen LogP contribution in [0.5, 0.6) is 5.75 Å². The monoisotopic (exact) mass is 331 g/mol. The Morgan fingerprint density at radius 3 is 2.89 bits per heavy atom. The molecule has 3 nitrogen and oxygen atoms in total. The van der Waals surface area contributed by atoms with Gasteiger partial charge in [0, 0.05) is 17.6 Å². The number of hydrogen-bond acceptors (Lipinski definition) is 2. The number of aryl methyl sites for hydroxylation is 1. The second kappa shape index (κ2) is 5.49. The van der Waals surface area contributed by atoms with E-state index >= 15 is 0 Å². The molecule has 18 heavy (non-hydrogen) atoms. The molecule has 0 aromatic heterocycles. The number of methoxy groups -OCH3 is 1. The fourth-order valence-electron chi connectivity index (χ4n) is 2.09. The molecule has 0 aliphatic carbocycles. The van der Waals surface area contributed by atoms with E-state index in [4.69, 9.17) is 16.3 Å². The molecular weight excluding hydrogens is 318 g/mol. The van der Waals surface area contributed by atoms with E-state index < -0.39 is 0 Å². The number of piperidine rings is 1. The zero-order chi connectivity index (χ0) is 13.3. The zero-order valence-electron chi connectivity index (χ0n) is 10.4. The first-order valence-electron chi connectivity index (χ1n) is 5.84. The van der Waals surface area contributed by atoms with Gasteiger partial charge in [-0.25, -0.2) is 0 Å². The number of benzene rings is 1. The van der Waals surface area contributed by atoms with Crippen molar-refractivity contribution in [2.45, 2.75) is 24.6 Å². The summed E-state index contributed by atoms with van der Waals surface area (Å²) in [4.78, 5) is 13.8. The van der Waals surface area contributed by atoms with E-state index in [0.29, 0.717) is 10.8 Å². The number of carbonyl (C=O) groups is 1. The van der Waals surface area contributed by atoms with Crippen LogP contribution >= 0.6 is 27.5 Å². The molecule has 1 amide bonds. The Morgan fingerprint density at radius 1 is 1.50 bits per heavy atom. The van der Waals surface area contributed by atoms with E-state index in [2.05, 4.69) is 15.9 Å². The molecular formula is C13H15BrClNO2. The first-order chi connectivity index (χ1) is 8.54. The maximum Gasteiger partial charge on any atom is 0.240 e. The van der Waals surface area contributed by atoms with Crippen LogP contribution in [-0.4, -0.2) is 24.4 Å². The van der Waals surface area contributed by atoms with Gasteiger partial charge in [0.15, 0.2) is 0 Å². The average Bonchev–Trinajstić information content (AvgIpc) is 2.36. The first kappa shape index (κ1) is 13.7. The number of nitrogens with zero attached hydrogens (tertiary/aromatic N) is 1. The maximum atomic E-state index is 12.2. The van der Waals surface area contributed by atoms with Gasteiger partial charge in [-0.3, -0.25) is 4.79 Å². The van der Waals surface area contributed by atoms with Crippen molar-refractivity contribution in [1.29, 1.82) is 0 Å². The van der Waals surface area contributed by atoms with Crippen LogP contribution in [0.3, 0.4) is 0 Å². The van der Waals surface area contributed by atoms with Crippen molar-refractivity contribution in [2.24, 2.45) is 0 Å². The van der Waals surface area contributed by atoms with Crippen LogP contribution in [-0.2, 0) is 4.79 Å². The Labute approximate surface area is 120 Å². The molecule has 1 heterocycles. The standard InChI is InChI=1S/C13H15BrClNO2/c1-8-6-11(12(18-2)7-10(8)15)16-5-3-4-9(14)13(16)17/h6-7,9H,3-5H2,1-2H3. The van der Waals surface area contributed by atoms with E-state index in [9.17, 15) is 4.79 Å². The Balaban J connectivity index is 2.43. The number of halogens is 2. The van der Waals surface area contributed by atoms with Crippen molar-refractivity contribution >= 4 is 39.1 Å². The van der Waals surface area contributed by atoms with Crippen LogP contribution < -0.4 is 9.64 Å². The number of alkyl halides is 1. The van der Waals surface area contributed by atoms with Crippen molar-refractivity contribution in [1.82, 2.24) is 0 Å². The van der Waals surface area contributed by atoms with Crippen LogP contribution in [0.1, 0.15) is 18.4 Å². The summed E-state index contributed by atoms with van der Waals surface area (Å²) in [5.41, 5.74) is 1.74.